The molecular weight excluding hydrogens is 176 g/mol. The molecule has 0 aromatic rings. The smallest absolute Gasteiger partial charge is 0.0598 e. The summed E-state index contributed by atoms with van der Waals surface area (Å²) < 4.78 is 10.9. The van der Waals surface area contributed by atoms with Crippen LogP contribution in [0.25, 0.3) is 0 Å². The number of unbranched alkanes of at least 4 members (excludes halogenated alkanes) is 2. The third kappa shape index (κ3) is 10.0. The predicted octanol–water partition coefficient (Wildman–Crippen LogP) is 3.21. The van der Waals surface area contributed by atoms with Crippen LogP contribution in [-0.2, 0) is 9.47 Å². The molecule has 2 heteroatoms. The minimum Gasteiger partial charge on any atom is -0.381 e. The quantitative estimate of drug-likeness (QED) is 0.505. The maximum Gasteiger partial charge on any atom is 0.0598 e. The molecule has 1 atom stereocenters. The first-order valence-corrected chi connectivity index (χ1v) is 5.83. The summed E-state index contributed by atoms with van der Waals surface area (Å²) in [6, 6.07) is 0. The predicted molar refractivity (Wildman–Crippen MR) is 60.3 cm³/mol. The Bertz CT molecular complexity index is 104. The van der Waals surface area contributed by atoms with Crippen LogP contribution in [0.15, 0.2) is 0 Å². The van der Waals surface area contributed by atoms with E-state index in [1.807, 2.05) is 0 Å². The number of hydrogen-bond donors (Lipinski definition) is 0. The fourth-order valence-electron chi connectivity index (χ4n) is 1.04. The highest BCUT2D eigenvalue weighted by atomic mass is 16.5. The van der Waals surface area contributed by atoms with Crippen LogP contribution in [0.2, 0.25) is 0 Å². The summed E-state index contributed by atoms with van der Waals surface area (Å²) in [5.74, 6) is 0. The molecule has 85 valence electrons. The average molecular weight is 201 g/mol. The van der Waals surface area contributed by atoms with Crippen LogP contribution in [0.3, 0.4) is 0 Å². The van der Waals surface area contributed by atoms with Crippen LogP contribution in [0.4, 0.5) is 0 Å². The molecule has 0 spiro atoms. The third-order valence-electron chi connectivity index (χ3n) is 2.08. The lowest BCUT2D eigenvalue weighted by Crippen LogP contribution is -2.13. The van der Waals surface area contributed by atoms with E-state index in [1.165, 1.54) is 12.8 Å². The largest absolute Gasteiger partial charge is 0.381 e. The van der Waals surface area contributed by atoms with Crippen LogP contribution < -0.4 is 0 Å². The van der Waals surface area contributed by atoms with Crippen LogP contribution in [-0.4, -0.2) is 25.9 Å². The van der Waals surface area contributed by atoms with E-state index < -0.39 is 0 Å². The van der Waals surface area contributed by atoms with E-state index in [2.05, 4.69) is 20.8 Å². The van der Waals surface area contributed by atoms with Crippen molar-refractivity contribution in [1.29, 1.82) is 0 Å². The van der Waals surface area contributed by atoms with E-state index in [4.69, 9.17) is 9.47 Å². The molecule has 0 aromatic carbocycles. The minimum atomic E-state index is 0.100. The highest BCUT2D eigenvalue weighted by Gasteiger charge is 2.01. The van der Waals surface area contributed by atoms with Crippen molar-refractivity contribution >= 4 is 0 Å². The molecule has 1 radical (unpaired) electrons. The Labute approximate surface area is 89.0 Å². The van der Waals surface area contributed by atoms with Crippen molar-refractivity contribution in [2.24, 2.45) is 0 Å². The average Bonchev–Trinajstić information content (AvgIpc) is 2.18. The molecule has 2 nitrogen and oxygen atoms in total. The summed E-state index contributed by atoms with van der Waals surface area (Å²) in [6.45, 7) is 10.7. The van der Waals surface area contributed by atoms with Gasteiger partial charge in [-0.05, 0) is 26.2 Å². The van der Waals surface area contributed by atoms with E-state index >= 15 is 0 Å². The van der Waals surface area contributed by atoms with Crippen LogP contribution in [0, 0.1) is 6.92 Å². The molecule has 0 saturated heterocycles. The number of ether oxygens (including phenoxy) is 2. The van der Waals surface area contributed by atoms with Gasteiger partial charge >= 0.3 is 0 Å². The lowest BCUT2D eigenvalue weighted by atomic mass is 10.3. The third-order valence-corrected chi connectivity index (χ3v) is 2.08. The lowest BCUT2D eigenvalue weighted by Gasteiger charge is -2.12. The van der Waals surface area contributed by atoms with Crippen LogP contribution in [0.5, 0.6) is 0 Å². The highest BCUT2D eigenvalue weighted by molar-refractivity contribution is 4.59. The fraction of sp³-hybridized carbons (Fsp3) is 0.917. The Balaban J connectivity index is 3.06. The van der Waals surface area contributed by atoms with Crippen LogP contribution in [0.1, 0.15) is 46.0 Å². The summed E-state index contributed by atoms with van der Waals surface area (Å²) in [6.07, 6.45) is 5.66. The van der Waals surface area contributed by atoms with Gasteiger partial charge in [0.2, 0.25) is 0 Å². The molecule has 0 heterocycles. The second-order valence-corrected chi connectivity index (χ2v) is 3.60. The first kappa shape index (κ1) is 13.9. The second kappa shape index (κ2) is 11.0. The van der Waals surface area contributed by atoms with Crippen molar-refractivity contribution in [2.75, 3.05) is 19.8 Å². The van der Waals surface area contributed by atoms with E-state index in [1.54, 1.807) is 0 Å². The zero-order valence-electron chi connectivity index (χ0n) is 9.76. The summed E-state index contributed by atoms with van der Waals surface area (Å²) in [4.78, 5) is 0. The molecule has 0 amide bonds. The monoisotopic (exact) mass is 201 g/mol. The molecular formula is C12H25O2. The molecule has 0 aromatic heterocycles. The van der Waals surface area contributed by atoms with Gasteiger partial charge in [0.05, 0.1) is 6.10 Å². The maximum atomic E-state index is 5.50. The summed E-state index contributed by atoms with van der Waals surface area (Å²) in [5.41, 5.74) is 0. The lowest BCUT2D eigenvalue weighted by molar-refractivity contribution is 0.0433. The Kier molecular flexibility index (Phi) is 10.9. The Morgan fingerprint density at radius 1 is 1.00 bits per heavy atom. The van der Waals surface area contributed by atoms with Gasteiger partial charge in [-0.2, -0.15) is 0 Å². The molecule has 0 bridgehead atoms. The second-order valence-electron chi connectivity index (χ2n) is 3.60. The van der Waals surface area contributed by atoms with E-state index in [0.717, 1.165) is 39.1 Å². The zero-order valence-corrected chi connectivity index (χ0v) is 9.76. The number of hydrogen-bond acceptors (Lipinski definition) is 2. The van der Waals surface area contributed by atoms with Crippen molar-refractivity contribution in [2.45, 2.75) is 52.1 Å². The van der Waals surface area contributed by atoms with Crippen LogP contribution >= 0.6 is 0 Å². The van der Waals surface area contributed by atoms with Gasteiger partial charge in [-0.1, -0.05) is 26.7 Å². The van der Waals surface area contributed by atoms with Gasteiger partial charge in [-0.3, -0.25) is 0 Å². The molecule has 14 heavy (non-hydrogen) atoms. The van der Waals surface area contributed by atoms with Crippen molar-refractivity contribution in [3.63, 3.8) is 0 Å². The standard InChI is InChI=1S/C12H25O2/c1-4-6-9-13-11-8-12(3)14-10-7-5-2/h12H,3-11H2,1-2H3. The van der Waals surface area contributed by atoms with E-state index in [0.29, 0.717) is 0 Å². The molecule has 0 rings (SSSR count). The van der Waals surface area contributed by atoms with Gasteiger partial charge in [0.15, 0.2) is 0 Å². The van der Waals surface area contributed by atoms with Gasteiger partial charge in [0.1, 0.15) is 0 Å². The summed E-state index contributed by atoms with van der Waals surface area (Å²) in [7, 11) is 0. The molecule has 0 N–H and O–H groups in total. The van der Waals surface area contributed by atoms with Crippen molar-refractivity contribution < 1.29 is 9.47 Å². The Morgan fingerprint density at radius 3 is 2.29 bits per heavy atom. The van der Waals surface area contributed by atoms with Gasteiger partial charge in [0, 0.05) is 19.8 Å². The molecule has 0 saturated carbocycles. The Hall–Kier alpha value is -0.0800. The maximum absolute atomic E-state index is 5.50. The highest BCUT2D eigenvalue weighted by Crippen LogP contribution is 2.00. The van der Waals surface area contributed by atoms with Gasteiger partial charge in [-0.25, -0.2) is 0 Å². The molecule has 0 aliphatic rings. The fourth-order valence-corrected chi connectivity index (χ4v) is 1.04. The van der Waals surface area contributed by atoms with E-state index in [9.17, 15) is 0 Å². The molecule has 0 fully saturated rings. The minimum absolute atomic E-state index is 0.100. The SMILES string of the molecule is [CH2]C(CCOCCCC)OCCCC. The van der Waals surface area contributed by atoms with Gasteiger partial charge in [0.25, 0.3) is 0 Å². The summed E-state index contributed by atoms with van der Waals surface area (Å²) in [5, 5.41) is 0. The van der Waals surface area contributed by atoms with E-state index in [-0.39, 0.29) is 6.10 Å². The topological polar surface area (TPSA) is 18.5 Å². The van der Waals surface area contributed by atoms with Crippen molar-refractivity contribution in [1.82, 2.24) is 0 Å². The molecule has 1 unspecified atom stereocenters. The first-order valence-electron chi connectivity index (χ1n) is 5.83. The number of rotatable bonds is 10. The van der Waals surface area contributed by atoms with Crippen molar-refractivity contribution in [3.05, 3.63) is 6.92 Å². The Morgan fingerprint density at radius 2 is 1.64 bits per heavy atom. The zero-order chi connectivity index (χ0) is 10.6. The van der Waals surface area contributed by atoms with Gasteiger partial charge in [-0.15, -0.1) is 0 Å². The normalized spacial score (nSPS) is 13.1. The first-order chi connectivity index (χ1) is 6.81. The summed E-state index contributed by atoms with van der Waals surface area (Å²) >= 11 is 0. The molecule has 0 aliphatic carbocycles. The van der Waals surface area contributed by atoms with Gasteiger partial charge < -0.3 is 9.47 Å². The van der Waals surface area contributed by atoms with Crippen molar-refractivity contribution in [3.8, 4) is 0 Å². The molecule has 0 aliphatic heterocycles.